The van der Waals surface area contributed by atoms with Crippen molar-refractivity contribution >= 4 is 29.0 Å². The van der Waals surface area contributed by atoms with E-state index in [-0.39, 0.29) is 37.1 Å². The Bertz CT molecular complexity index is 1320. The number of nitrogens with zero attached hydrogens (tertiary/aromatic N) is 2. The molecule has 0 radical (unpaired) electrons. The molecule has 0 bridgehead atoms. The highest BCUT2D eigenvalue weighted by Gasteiger charge is 2.47. The summed E-state index contributed by atoms with van der Waals surface area (Å²) in [4.78, 5) is 24.5. The molecule has 1 aromatic heterocycles. The topological polar surface area (TPSA) is 107 Å². The van der Waals surface area contributed by atoms with Gasteiger partial charge in [-0.2, -0.15) is 18.3 Å². The highest BCUT2D eigenvalue weighted by Crippen LogP contribution is 2.45. The molecule has 0 saturated heterocycles. The van der Waals surface area contributed by atoms with Crippen molar-refractivity contribution in [3.05, 3.63) is 59.8 Å². The molecule has 3 aromatic rings. The summed E-state index contributed by atoms with van der Waals surface area (Å²) in [6.07, 6.45) is -4.62. The molecule has 2 aromatic carbocycles. The lowest BCUT2D eigenvalue weighted by Gasteiger charge is -2.33. The first-order valence-electron chi connectivity index (χ1n) is 11.2. The number of hydrogen-bond donors (Lipinski definition) is 3. The first-order valence-corrected chi connectivity index (χ1v) is 11.2. The fourth-order valence-electron chi connectivity index (χ4n) is 4.15. The van der Waals surface area contributed by atoms with Crippen LogP contribution >= 0.6 is 0 Å². The normalized spacial score (nSPS) is 18.2. The molecule has 12 heteroatoms. The quantitative estimate of drug-likeness (QED) is 0.461. The molecular formula is C24H22F3N5O4. The summed E-state index contributed by atoms with van der Waals surface area (Å²) in [6, 6.07) is 10.1. The number of amides is 2. The van der Waals surface area contributed by atoms with E-state index in [9.17, 15) is 22.8 Å². The first kappa shape index (κ1) is 23.5. The number of hydrogen-bond acceptors (Lipinski definition) is 6. The van der Waals surface area contributed by atoms with Crippen LogP contribution in [-0.2, 0) is 4.79 Å². The van der Waals surface area contributed by atoms with Crippen LogP contribution in [0, 0.1) is 0 Å². The van der Waals surface area contributed by atoms with Crippen LogP contribution in [-0.4, -0.2) is 34.6 Å². The van der Waals surface area contributed by atoms with E-state index in [0.29, 0.717) is 28.4 Å². The maximum Gasteiger partial charge on any atom is 0.410 e. The lowest BCUT2D eigenvalue weighted by molar-refractivity contribution is -0.173. The van der Waals surface area contributed by atoms with Gasteiger partial charge >= 0.3 is 6.18 Å². The van der Waals surface area contributed by atoms with E-state index in [1.54, 1.807) is 49.4 Å². The number of rotatable bonds is 5. The Balaban J connectivity index is 1.39. The highest BCUT2D eigenvalue weighted by atomic mass is 19.4. The van der Waals surface area contributed by atoms with E-state index in [0.717, 1.165) is 4.68 Å². The van der Waals surface area contributed by atoms with Gasteiger partial charge in [-0.05, 0) is 35.9 Å². The molecule has 5 rings (SSSR count). The van der Waals surface area contributed by atoms with Crippen molar-refractivity contribution in [1.82, 2.24) is 9.78 Å². The Labute approximate surface area is 203 Å². The van der Waals surface area contributed by atoms with Crippen LogP contribution in [0.5, 0.6) is 11.5 Å². The van der Waals surface area contributed by atoms with Crippen molar-refractivity contribution in [2.24, 2.45) is 0 Å². The number of alkyl halides is 3. The van der Waals surface area contributed by atoms with Crippen LogP contribution in [0.2, 0.25) is 0 Å². The Morgan fingerprint density at radius 2 is 1.83 bits per heavy atom. The van der Waals surface area contributed by atoms with Crippen LogP contribution < -0.4 is 25.4 Å². The van der Waals surface area contributed by atoms with Gasteiger partial charge in [-0.25, -0.2) is 4.68 Å². The third kappa shape index (κ3) is 4.66. The largest absolute Gasteiger partial charge is 0.454 e. The minimum absolute atomic E-state index is 0.0567. The van der Waals surface area contributed by atoms with E-state index in [1.807, 2.05) is 0 Å². The van der Waals surface area contributed by atoms with Gasteiger partial charge in [0.25, 0.3) is 5.91 Å². The van der Waals surface area contributed by atoms with Crippen molar-refractivity contribution in [1.29, 1.82) is 0 Å². The number of carbonyl (C=O) groups is 2. The van der Waals surface area contributed by atoms with Gasteiger partial charge in [-0.3, -0.25) is 9.59 Å². The van der Waals surface area contributed by atoms with Crippen LogP contribution in [0.15, 0.2) is 48.5 Å². The average molecular weight is 501 g/mol. The van der Waals surface area contributed by atoms with E-state index in [2.05, 4.69) is 21.0 Å². The monoisotopic (exact) mass is 501 g/mol. The smallest absolute Gasteiger partial charge is 0.410 e. The Morgan fingerprint density at radius 1 is 1.08 bits per heavy atom. The summed E-state index contributed by atoms with van der Waals surface area (Å²) in [5, 5.41) is 12.3. The zero-order chi connectivity index (χ0) is 25.4. The highest BCUT2D eigenvalue weighted by molar-refractivity contribution is 6.04. The second kappa shape index (κ2) is 9.10. The SMILES string of the molecule is CCC(=O)Nc1cccc(NC(=O)c2cc3n(n2)[C@H](C(F)(F)F)C[C@@H](c2ccc4c(c2)OCO4)N3)c1. The predicted molar refractivity (Wildman–Crippen MR) is 124 cm³/mol. The summed E-state index contributed by atoms with van der Waals surface area (Å²) >= 11 is 0. The van der Waals surface area contributed by atoms with Crippen molar-refractivity contribution in [2.75, 3.05) is 22.7 Å². The van der Waals surface area contributed by atoms with Gasteiger partial charge in [-0.1, -0.05) is 19.1 Å². The number of fused-ring (bicyclic) bond motifs is 2. The molecule has 3 N–H and O–H groups in total. The summed E-state index contributed by atoms with van der Waals surface area (Å²) < 4.78 is 53.4. The maximum absolute atomic E-state index is 14.0. The lowest BCUT2D eigenvalue weighted by Crippen LogP contribution is -2.35. The van der Waals surface area contributed by atoms with E-state index >= 15 is 0 Å². The standard InChI is InChI=1S/C24H22F3N5O4/c1-2-22(33)28-14-4-3-5-15(9-14)29-23(34)17-11-21-30-16(10-20(24(25,26)27)32(21)31-17)13-6-7-18-19(8-13)36-12-35-18/h3-9,11,16,20,30H,2,10,12H2,1H3,(H,28,33)(H,29,34)/t16-,20-/m0/s1. The molecule has 2 amide bonds. The fourth-order valence-corrected chi connectivity index (χ4v) is 4.15. The predicted octanol–water partition coefficient (Wildman–Crippen LogP) is 4.87. The van der Waals surface area contributed by atoms with Gasteiger partial charge in [-0.15, -0.1) is 0 Å². The van der Waals surface area contributed by atoms with Gasteiger partial charge in [0, 0.05) is 30.3 Å². The number of anilines is 3. The Kier molecular flexibility index (Phi) is 5.94. The molecule has 0 fully saturated rings. The summed E-state index contributed by atoms with van der Waals surface area (Å²) in [5.41, 5.74) is 1.26. The van der Waals surface area contributed by atoms with Gasteiger partial charge in [0.1, 0.15) is 5.82 Å². The molecule has 0 spiro atoms. The molecule has 0 aliphatic carbocycles. The van der Waals surface area contributed by atoms with E-state index in [4.69, 9.17) is 9.47 Å². The van der Waals surface area contributed by atoms with Crippen molar-refractivity contribution in [3.8, 4) is 11.5 Å². The van der Waals surface area contributed by atoms with E-state index < -0.39 is 24.2 Å². The van der Waals surface area contributed by atoms with Crippen molar-refractivity contribution in [3.63, 3.8) is 0 Å². The average Bonchev–Trinajstić information content (AvgIpc) is 3.49. The van der Waals surface area contributed by atoms with Crippen LogP contribution in [0.1, 0.15) is 47.9 Å². The molecule has 188 valence electrons. The van der Waals surface area contributed by atoms with Gasteiger partial charge in [0.2, 0.25) is 12.7 Å². The molecule has 9 nitrogen and oxygen atoms in total. The third-order valence-electron chi connectivity index (χ3n) is 5.95. The maximum atomic E-state index is 14.0. The zero-order valence-corrected chi connectivity index (χ0v) is 19.1. The van der Waals surface area contributed by atoms with Gasteiger partial charge in [0.15, 0.2) is 23.2 Å². The second-order valence-electron chi connectivity index (χ2n) is 8.40. The summed E-state index contributed by atoms with van der Waals surface area (Å²) in [7, 11) is 0. The number of carbonyl (C=O) groups excluding carboxylic acids is 2. The first-order chi connectivity index (χ1) is 17.2. The summed E-state index contributed by atoms with van der Waals surface area (Å²) in [6.45, 7) is 1.77. The number of aromatic nitrogens is 2. The number of ether oxygens (including phenoxy) is 2. The molecule has 0 unspecified atom stereocenters. The molecule has 3 heterocycles. The van der Waals surface area contributed by atoms with E-state index in [1.165, 1.54) is 6.07 Å². The fraction of sp³-hybridized carbons (Fsp3) is 0.292. The minimum atomic E-state index is -4.59. The Hall–Kier alpha value is -4.22. The number of benzene rings is 2. The molecular weight excluding hydrogens is 479 g/mol. The van der Waals surface area contributed by atoms with Crippen LogP contribution in [0.4, 0.5) is 30.4 Å². The van der Waals surface area contributed by atoms with Crippen LogP contribution in [0.3, 0.4) is 0 Å². The van der Waals surface area contributed by atoms with Crippen molar-refractivity contribution < 1.29 is 32.2 Å². The second-order valence-corrected chi connectivity index (χ2v) is 8.40. The van der Waals surface area contributed by atoms with Gasteiger partial charge in [0.05, 0.1) is 6.04 Å². The molecule has 2 aliphatic rings. The minimum Gasteiger partial charge on any atom is -0.454 e. The molecule has 2 atom stereocenters. The van der Waals surface area contributed by atoms with Crippen molar-refractivity contribution in [2.45, 2.75) is 38.0 Å². The van der Waals surface area contributed by atoms with Gasteiger partial charge < -0.3 is 25.4 Å². The summed E-state index contributed by atoms with van der Waals surface area (Å²) in [5.74, 6) is 0.193. The molecule has 0 saturated carbocycles. The molecule has 36 heavy (non-hydrogen) atoms. The number of nitrogens with one attached hydrogen (secondary N) is 3. The lowest BCUT2D eigenvalue weighted by atomic mass is 9.96. The Morgan fingerprint density at radius 3 is 2.58 bits per heavy atom. The van der Waals surface area contributed by atoms with Crippen LogP contribution in [0.25, 0.3) is 0 Å². The number of halogens is 3. The third-order valence-corrected chi connectivity index (χ3v) is 5.95. The zero-order valence-electron chi connectivity index (χ0n) is 19.1. The molecule has 2 aliphatic heterocycles.